The molecule has 1 aliphatic heterocycles. The molecule has 1 atom stereocenters. The molecule has 8 heteroatoms. The fourth-order valence-corrected chi connectivity index (χ4v) is 3.52. The van der Waals surface area contributed by atoms with Gasteiger partial charge in [0.25, 0.3) is 5.91 Å². The van der Waals surface area contributed by atoms with E-state index in [0.29, 0.717) is 18.1 Å². The summed E-state index contributed by atoms with van der Waals surface area (Å²) in [6.45, 7) is 6.26. The van der Waals surface area contributed by atoms with Gasteiger partial charge in [-0.05, 0) is 39.7 Å². The van der Waals surface area contributed by atoms with Crippen molar-refractivity contribution in [2.75, 3.05) is 6.54 Å². The molecule has 3 aromatic rings. The second kappa shape index (κ2) is 6.36. The van der Waals surface area contributed by atoms with Crippen LogP contribution in [-0.4, -0.2) is 37.6 Å². The Morgan fingerprint density at radius 3 is 2.77 bits per heavy atom. The molecule has 0 saturated carbocycles. The highest BCUT2D eigenvalue weighted by Gasteiger charge is 2.33. The van der Waals surface area contributed by atoms with E-state index in [1.807, 2.05) is 26.8 Å². The number of carbonyl (C=O) groups is 1. The zero-order chi connectivity index (χ0) is 18.3. The minimum absolute atomic E-state index is 0.117. The highest BCUT2D eigenvalue weighted by Crippen LogP contribution is 2.34. The van der Waals surface area contributed by atoms with Crippen LogP contribution in [0.2, 0.25) is 0 Å². The maximum Gasteiger partial charge on any atom is 0.293 e. The molecule has 134 valence electrons. The third kappa shape index (κ3) is 2.77. The third-order valence-electron chi connectivity index (χ3n) is 4.65. The first-order chi connectivity index (χ1) is 12.5. The normalized spacial score (nSPS) is 17.0. The number of aromatic nitrogens is 4. The zero-order valence-corrected chi connectivity index (χ0v) is 14.9. The molecule has 0 spiro atoms. The Morgan fingerprint density at radius 2 is 2.08 bits per heavy atom. The Morgan fingerprint density at radius 1 is 1.23 bits per heavy atom. The van der Waals surface area contributed by atoms with Crippen LogP contribution in [0.1, 0.15) is 52.4 Å². The van der Waals surface area contributed by atoms with Gasteiger partial charge in [-0.1, -0.05) is 10.3 Å². The number of likely N-dealkylation sites (tertiary alicyclic amines) is 1. The number of amides is 1. The van der Waals surface area contributed by atoms with Crippen molar-refractivity contribution < 1.29 is 13.8 Å². The van der Waals surface area contributed by atoms with Gasteiger partial charge < -0.3 is 13.9 Å². The van der Waals surface area contributed by atoms with Gasteiger partial charge in [0.05, 0.1) is 34.9 Å². The van der Waals surface area contributed by atoms with Gasteiger partial charge in [-0.25, -0.2) is 9.97 Å². The molecule has 0 aliphatic carbocycles. The summed E-state index contributed by atoms with van der Waals surface area (Å²) >= 11 is 0. The quantitative estimate of drug-likeness (QED) is 0.713. The SMILES string of the molecule is Cc1nc(-c2c(C)noc2C)cc([C@H]2CCCN2C(=O)c2ccno2)n1. The first kappa shape index (κ1) is 16.4. The van der Waals surface area contributed by atoms with Crippen LogP contribution in [-0.2, 0) is 0 Å². The molecule has 1 amide bonds. The molecule has 0 N–H and O–H groups in total. The van der Waals surface area contributed by atoms with Gasteiger partial charge in [0.15, 0.2) is 0 Å². The molecule has 0 bridgehead atoms. The van der Waals surface area contributed by atoms with Crippen molar-refractivity contribution in [1.29, 1.82) is 0 Å². The first-order valence-corrected chi connectivity index (χ1v) is 8.55. The third-order valence-corrected chi connectivity index (χ3v) is 4.65. The van der Waals surface area contributed by atoms with Gasteiger partial charge >= 0.3 is 0 Å². The molecular formula is C18H19N5O3. The average molecular weight is 353 g/mol. The van der Waals surface area contributed by atoms with Gasteiger partial charge in [0.2, 0.25) is 5.76 Å². The van der Waals surface area contributed by atoms with Crippen LogP contribution in [0.25, 0.3) is 11.3 Å². The summed E-state index contributed by atoms with van der Waals surface area (Å²) in [6, 6.07) is 3.39. The topological polar surface area (TPSA) is 98.2 Å². The monoisotopic (exact) mass is 353 g/mol. The van der Waals surface area contributed by atoms with E-state index in [1.54, 1.807) is 11.0 Å². The van der Waals surface area contributed by atoms with E-state index in [2.05, 4.69) is 20.3 Å². The van der Waals surface area contributed by atoms with Crippen molar-refractivity contribution in [3.05, 3.63) is 47.1 Å². The molecule has 0 radical (unpaired) electrons. The van der Waals surface area contributed by atoms with E-state index in [-0.39, 0.29) is 17.7 Å². The fourth-order valence-electron chi connectivity index (χ4n) is 3.52. The number of carbonyl (C=O) groups excluding carboxylic acids is 1. The van der Waals surface area contributed by atoms with Crippen LogP contribution < -0.4 is 0 Å². The van der Waals surface area contributed by atoms with E-state index >= 15 is 0 Å². The number of hydrogen-bond donors (Lipinski definition) is 0. The molecule has 26 heavy (non-hydrogen) atoms. The van der Waals surface area contributed by atoms with Crippen molar-refractivity contribution in [2.45, 2.75) is 39.7 Å². The summed E-state index contributed by atoms with van der Waals surface area (Å²) in [4.78, 5) is 23.7. The number of hydrogen-bond acceptors (Lipinski definition) is 7. The summed E-state index contributed by atoms with van der Waals surface area (Å²) in [6.07, 6.45) is 3.23. The Bertz CT molecular complexity index is 928. The number of nitrogens with zero attached hydrogens (tertiary/aromatic N) is 5. The predicted octanol–water partition coefficient (Wildman–Crippen LogP) is 3.02. The van der Waals surface area contributed by atoms with E-state index in [9.17, 15) is 4.79 Å². The van der Waals surface area contributed by atoms with Crippen molar-refractivity contribution in [2.24, 2.45) is 0 Å². The van der Waals surface area contributed by atoms with Crippen molar-refractivity contribution >= 4 is 5.91 Å². The van der Waals surface area contributed by atoms with Crippen LogP contribution >= 0.6 is 0 Å². The zero-order valence-electron chi connectivity index (χ0n) is 14.9. The fraction of sp³-hybridized carbons (Fsp3) is 0.389. The lowest BCUT2D eigenvalue weighted by Crippen LogP contribution is -2.31. The Kier molecular flexibility index (Phi) is 4.02. The summed E-state index contributed by atoms with van der Waals surface area (Å²) < 4.78 is 10.3. The summed E-state index contributed by atoms with van der Waals surface area (Å²) in [5.41, 5.74) is 3.25. The second-order valence-electron chi connectivity index (χ2n) is 6.46. The highest BCUT2D eigenvalue weighted by atomic mass is 16.5. The van der Waals surface area contributed by atoms with Gasteiger partial charge in [-0.2, -0.15) is 0 Å². The standard InChI is InChI=1S/C18H19N5O3/c1-10-17(11(2)25-22-10)14-9-13(20-12(3)21-14)15-5-4-8-23(15)18(24)16-6-7-19-26-16/h6-7,9,15H,4-5,8H2,1-3H3/t15-/m1/s1. The van der Waals surface area contributed by atoms with Gasteiger partial charge in [0, 0.05) is 12.6 Å². The predicted molar refractivity (Wildman–Crippen MR) is 91.3 cm³/mol. The van der Waals surface area contributed by atoms with Gasteiger partial charge in [-0.15, -0.1) is 0 Å². The van der Waals surface area contributed by atoms with E-state index < -0.39 is 0 Å². The molecule has 4 rings (SSSR count). The highest BCUT2D eigenvalue weighted by molar-refractivity contribution is 5.91. The first-order valence-electron chi connectivity index (χ1n) is 8.55. The van der Waals surface area contributed by atoms with Crippen molar-refractivity contribution in [3.8, 4) is 11.3 Å². The van der Waals surface area contributed by atoms with E-state index in [4.69, 9.17) is 9.05 Å². The van der Waals surface area contributed by atoms with Gasteiger partial charge in [0.1, 0.15) is 11.6 Å². The van der Waals surface area contributed by atoms with Gasteiger partial charge in [-0.3, -0.25) is 4.79 Å². The maximum atomic E-state index is 12.7. The lowest BCUT2D eigenvalue weighted by Gasteiger charge is -2.23. The maximum absolute atomic E-state index is 12.7. The molecule has 0 aromatic carbocycles. The second-order valence-corrected chi connectivity index (χ2v) is 6.46. The van der Waals surface area contributed by atoms with Crippen molar-refractivity contribution in [3.63, 3.8) is 0 Å². The Labute approximate surface area is 150 Å². The van der Waals surface area contributed by atoms with E-state index in [1.165, 1.54) is 6.20 Å². The van der Waals surface area contributed by atoms with Crippen LogP contribution in [0.3, 0.4) is 0 Å². The molecule has 4 heterocycles. The largest absolute Gasteiger partial charge is 0.361 e. The number of aryl methyl sites for hydroxylation is 3. The minimum Gasteiger partial charge on any atom is -0.361 e. The number of rotatable bonds is 3. The molecule has 0 unspecified atom stereocenters. The van der Waals surface area contributed by atoms with E-state index in [0.717, 1.165) is 35.5 Å². The molecule has 1 fully saturated rings. The molecular weight excluding hydrogens is 334 g/mol. The molecule has 1 saturated heterocycles. The lowest BCUT2D eigenvalue weighted by molar-refractivity contribution is 0.0690. The summed E-state index contributed by atoms with van der Waals surface area (Å²) in [7, 11) is 0. The molecule has 1 aliphatic rings. The van der Waals surface area contributed by atoms with Crippen LogP contribution in [0.15, 0.2) is 27.4 Å². The van der Waals surface area contributed by atoms with Crippen LogP contribution in [0.4, 0.5) is 0 Å². The van der Waals surface area contributed by atoms with Crippen LogP contribution in [0.5, 0.6) is 0 Å². The average Bonchev–Trinajstić information content (AvgIpc) is 3.35. The van der Waals surface area contributed by atoms with Crippen LogP contribution in [0, 0.1) is 20.8 Å². The minimum atomic E-state index is -0.167. The molecule has 3 aromatic heterocycles. The summed E-state index contributed by atoms with van der Waals surface area (Å²) in [5.74, 6) is 1.44. The smallest absolute Gasteiger partial charge is 0.293 e. The molecule has 8 nitrogen and oxygen atoms in total. The Hall–Kier alpha value is -3.03. The summed E-state index contributed by atoms with van der Waals surface area (Å²) in [5, 5.41) is 7.64. The Balaban J connectivity index is 1.72. The lowest BCUT2D eigenvalue weighted by atomic mass is 10.1. The van der Waals surface area contributed by atoms with Crippen molar-refractivity contribution in [1.82, 2.24) is 25.2 Å².